The zero-order valence-electron chi connectivity index (χ0n) is 23.5. The van der Waals surface area contributed by atoms with Crippen LogP contribution in [-0.4, -0.2) is 78.8 Å². The first-order valence-electron chi connectivity index (χ1n) is 12.9. The molecular formula is C27H34N4O9S. The van der Waals surface area contributed by atoms with E-state index in [0.717, 1.165) is 28.6 Å². The second-order valence-electron chi connectivity index (χ2n) is 10.7. The van der Waals surface area contributed by atoms with Crippen LogP contribution in [0.4, 0.5) is 10.5 Å². The van der Waals surface area contributed by atoms with Crippen molar-refractivity contribution in [3.8, 4) is 5.75 Å². The van der Waals surface area contributed by atoms with E-state index < -0.39 is 50.6 Å². The fourth-order valence-electron chi connectivity index (χ4n) is 4.12. The van der Waals surface area contributed by atoms with Crippen LogP contribution in [0.2, 0.25) is 0 Å². The number of rotatable bonds is 9. The molecular weight excluding hydrogens is 556 g/mol. The van der Waals surface area contributed by atoms with E-state index in [1.165, 1.54) is 4.90 Å². The van der Waals surface area contributed by atoms with E-state index in [-0.39, 0.29) is 30.0 Å². The third kappa shape index (κ3) is 8.24. The van der Waals surface area contributed by atoms with Gasteiger partial charge in [0.25, 0.3) is 5.69 Å². The molecule has 14 heteroatoms. The molecule has 3 rings (SSSR count). The molecule has 222 valence electrons. The molecule has 2 aromatic carbocycles. The minimum absolute atomic E-state index is 0.0321. The van der Waals surface area contributed by atoms with Crippen molar-refractivity contribution in [2.45, 2.75) is 62.6 Å². The van der Waals surface area contributed by atoms with Crippen LogP contribution in [0.1, 0.15) is 39.2 Å². The van der Waals surface area contributed by atoms with Crippen LogP contribution in [0.3, 0.4) is 0 Å². The van der Waals surface area contributed by atoms with Crippen molar-refractivity contribution in [2.24, 2.45) is 0 Å². The Morgan fingerprint density at radius 3 is 2.24 bits per heavy atom. The van der Waals surface area contributed by atoms with Crippen molar-refractivity contribution < 1.29 is 37.2 Å². The highest BCUT2D eigenvalue weighted by Gasteiger charge is 2.41. The van der Waals surface area contributed by atoms with Crippen molar-refractivity contribution in [3.63, 3.8) is 0 Å². The van der Waals surface area contributed by atoms with Gasteiger partial charge in [0.2, 0.25) is 15.9 Å². The number of amides is 2. The molecule has 1 fully saturated rings. The lowest BCUT2D eigenvalue weighted by molar-refractivity contribution is -0.384. The molecule has 41 heavy (non-hydrogen) atoms. The highest BCUT2D eigenvalue weighted by Crippen LogP contribution is 2.28. The summed E-state index contributed by atoms with van der Waals surface area (Å²) in [6.07, 6.45) is 0.116. The number of benzene rings is 2. The molecule has 1 saturated heterocycles. The predicted molar refractivity (Wildman–Crippen MR) is 148 cm³/mol. The molecule has 1 heterocycles. The fourth-order valence-corrected chi connectivity index (χ4v) is 5.78. The standard InChI is InChI=1S/C27H34N4O9S/c1-27(2,3)40-25(33)22(17-18-8-12-20(13-9-18)39-26(34)29(4)5)28-24(32)23-7-6-16-30(23)41(37,38)21-14-10-19(11-15-21)31(35)36/h8-15,22-23H,6-7,16-17H2,1-5H3,(H,28,32)/t22-,23-/m0/s1. The fraction of sp³-hybridized carbons (Fsp3) is 0.444. The number of esters is 1. The van der Waals surface area contributed by atoms with Crippen LogP contribution in [-0.2, 0) is 30.8 Å². The lowest BCUT2D eigenvalue weighted by Gasteiger charge is -2.27. The van der Waals surface area contributed by atoms with Crippen molar-refractivity contribution in [1.82, 2.24) is 14.5 Å². The third-order valence-electron chi connectivity index (χ3n) is 6.10. The maximum absolute atomic E-state index is 13.4. The zero-order chi connectivity index (χ0) is 30.5. The predicted octanol–water partition coefficient (Wildman–Crippen LogP) is 2.88. The van der Waals surface area contributed by atoms with Gasteiger partial charge >= 0.3 is 12.1 Å². The van der Waals surface area contributed by atoms with Crippen molar-refractivity contribution >= 4 is 33.7 Å². The summed E-state index contributed by atoms with van der Waals surface area (Å²) in [4.78, 5) is 49.7. The van der Waals surface area contributed by atoms with Crippen LogP contribution in [0.15, 0.2) is 53.4 Å². The number of nitrogens with zero attached hydrogens (tertiary/aromatic N) is 3. The van der Waals surface area contributed by atoms with Crippen LogP contribution in [0, 0.1) is 10.1 Å². The van der Waals surface area contributed by atoms with Gasteiger partial charge in [0.1, 0.15) is 23.4 Å². The molecule has 1 N–H and O–H groups in total. The van der Waals surface area contributed by atoms with Gasteiger partial charge in [0, 0.05) is 39.2 Å². The molecule has 0 spiro atoms. The normalized spacial score (nSPS) is 16.5. The Labute approximate surface area is 238 Å². The van der Waals surface area contributed by atoms with Gasteiger partial charge in [-0.1, -0.05) is 12.1 Å². The second-order valence-corrected chi connectivity index (χ2v) is 12.6. The largest absolute Gasteiger partial charge is 0.458 e. The number of carbonyl (C=O) groups excluding carboxylic acids is 3. The Hall–Kier alpha value is -4.04. The van der Waals surface area contributed by atoms with Crippen molar-refractivity contribution in [3.05, 3.63) is 64.2 Å². The van der Waals surface area contributed by atoms with Gasteiger partial charge in [0.05, 0.1) is 9.82 Å². The number of nitro benzene ring substituents is 1. The maximum atomic E-state index is 13.4. The summed E-state index contributed by atoms with van der Waals surface area (Å²) in [5, 5.41) is 13.6. The molecule has 1 aliphatic heterocycles. The summed E-state index contributed by atoms with van der Waals surface area (Å²) in [5.74, 6) is -1.07. The maximum Gasteiger partial charge on any atom is 0.414 e. The molecule has 0 aliphatic carbocycles. The lowest BCUT2D eigenvalue weighted by atomic mass is 10.0. The number of hydrogen-bond donors (Lipinski definition) is 1. The number of sulfonamides is 1. The molecule has 2 aromatic rings. The van der Waals surface area contributed by atoms with Gasteiger partial charge < -0.3 is 19.7 Å². The summed E-state index contributed by atoms with van der Waals surface area (Å²) >= 11 is 0. The van der Waals surface area contributed by atoms with E-state index in [2.05, 4.69) is 5.32 Å². The molecule has 0 radical (unpaired) electrons. The highest BCUT2D eigenvalue weighted by molar-refractivity contribution is 7.89. The van der Waals surface area contributed by atoms with Crippen LogP contribution in [0.25, 0.3) is 0 Å². The molecule has 13 nitrogen and oxygen atoms in total. The number of carbonyl (C=O) groups is 3. The quantitative estimate of drug-likeness (QED) is 0.262. The number of non-ortho nitro benzene ring substituents is 1. The van der Waals surface area contributed by atoms with E-state index in [4.69, 9.17) is 9.47 Å². The summed E-state index contributed by atoms with van der Waals surface area (Å²) in [7, 11) is -1.05. The molecule has 1 aliphatic rings. The van der Waals surface area contributed by atoms with Gasteiger partial charge in [-0.3, -0.25) is 14.9 Å². The van der Waals surface area contributed by atoms with Gasteiger partial charge in [-0.25, -0.2) is 18.0 Å². The average molecular weight is 591 g/mol. The van der Waals surface area contributed by atoms with Gasteiger partial charge in [0.15, 0.2) is 0 Å². The Morgan fingerprint density at radius 1 is 1.10 bits per heavy atom. The smallest absolute Gasteiger partial charge is 0.414 e. The Morgan fingerprint density at radius 2 is 1.71 bits per heavy atom. The minimum Gasteiger partial charge on any atom is -0.458 e. The Kier molecular flexibility index (Phi) is 9.71. The van der Waals surface area contributed by atoms with Crippen molar-refractivity contribution in [2.75, 3.05) is 20.6 Å². The van der Waals surface area contributed by atoms with Gasteiger partial charge in [-0.2, -0.15) is 4.31 Å². The monoisotopic (exact) mass is 590 g/mol. The first kappa shape index (κ1) is 31.5. The van der Waals surface area contributed by atoms with E-state index in [0.29, 0.717) is 17.7 Å². The third-order valence-corrected chi connectivity index (χ3v) is 8.02. The summed E-state index contributed by atoms with van der Waals surface area (Å²) in [6, 6.07) is 8.60. The molecule has 2 amide bonds. The molecule has 0 aromatic heterocycles. The number of nitrogens with one attached hydrogen (secondary N) is 1. The Bertz CT molecular complexity index is 1390. The topological polar surface area (TPSA) is 165 Å². The van der Waals surface area contributed by atoms with Gasteiger partial charge in [-0.15, -0.1) is 0 Å². The summed E-state index contributed by atoms with van der Waals surface area (Å²) in [6.45, 7) is 5.13. The first-order valence-corrected chi connectivity index (χ1v) is 14.3. The summed E-state index contributed by atoms with van der Waals surface area (Å²) in [5.41, 5.74) is -0.473. The van der Waals surface area contributed by atoms with Crippen molar-refractivity contribution in [1.29, 1.82) is 0 Å². The first-order chi connectivity index (χ1) is 19.1. The SMILES string of the molecule is CN(C)C(=O)Oc1ccc(C[C@H](NC(=O)[C@@H]2CCCN2S(=O)(=O)c2ccc([N+](=O)[O-])cc2)C(=O)OC(C)(C)C)cc1. The second kappa shape index (κ2) is 12.6. The summed E-state index contributed by atoms with van der Waals surface area (Å²) < 4.78 is 38.4. The van der Waals surface area contributed by atoms with E-state index in [9.17, 15) is 32.9 Å². The highest BCUT2D eigenvalue weighted by atomic mass is 32.2. The van der Waals surface area contributed by atoms with E-state index >= 15 is 0 Å². The van der Waals surface area contributed by atoms with Gasteiger partial charge in [-0.05, 0) is 63.4 Å². The van der Waals surface area contributed by atoms with E-state index in [1.807, 2.05) is 0 Å². The zero-order valence-corrected chi connectivity index (χ0v) is 24.3. The lowest BCUT2D eigenvalue weighted by Crippen LogP contribution is -2.52. The molecule has 0 bridgehead atoms. The minimum atomic E-state index is -4.15. The molecule has 2 atom stereocenters. The average Bonchev–Trinajstić information content (AvgIpc) is 3.39. The molecule has 0 saturated carbocycles. The number of ether oxygens (including phenoxy) is 2. The number of nitro groups is 1. The number of hydrogen-bond acceptors (Lipinski definition) is 9. The van der Waals surface area contributed by atoms with E-state index in [1.54, 1.807) is 59.1 Å². The molecule has 0 unspecified atom stereocenters. The van der Waals surface area contributed by atoms with Crippen LogP contribution in [0.5, 0.6) is 5.75 Å². The Balaban J connectivity index is 1.80. The van der Waals surface area contributed by atoms with Crippen LogP contribution < -0.4 is 10.1 Å². The van der Waals surface area contributed by atoms with Crippen LogP contribution >= 0.6 is 0 Å².